The van der Waals surface area contributed by atoms with E-state index in [1.165, 1.54) is 12.3 Å². The maximum Gasteiger partial charge on any atom is 0.341 e. The number of imidazole rings is 1. The smallest absolute Gasteiger partial charge is 0.341 e. The molecule has 0 radical (unpaired) electrons. The highest BCUT2D eigenvalue weighted by atomic mass is 19.1. The molecule has 5 aromatic rings. The molecule has 2 aromatic heterocycles. The molecule has 39 heavy (non-hydrogen) atoms. The molecule has 0 saturated carbocycles. The monoisotopic (exact) mass is 523 g/mol. The van der Waals surface area contributed by atoms with Gasteiger partial charge in [-0.1, -0.05) is 30.3 Å². The molecule has 3 aromatic carbocycles. The number of aromatic nitrogens is 3. The number of carboxylic acid groups (broad SMARTS) is 1. The maximum atomic E-state index is 15.5. The van der Waals surface area contributed by atoms with E-state index < -0.39 is 22.8 Å². The summed E-state index contributed by atoms with van der Waals surface area (Å²) < 4.78 is 19.1. The molecule has 9 heteroatoms. The molecule has 1 aliphatic rings. The molecule has 0 atom stereocenters. The van der Waals surface area contributed by atoms with E-state index in [1.54, 1.807) is 23.2 Å². The van der Waals surface area contributed by atoms with Gasteiger partial charge in [0.2, 0.25) is 5.43 Å². The number of nitrogens with zero attached hydrogens (tertiary/aromatic N) is 5. The Morgan fingerprint density at radius 1 is 0.923 bits per heavy atom. The van der Waals surface area contributed by atoms with Crippen molar-refractivity contribution in [2.45, 2.75) is 6.54 Å². The van der Waals surface area contributed by atoms with Crippen LogP contribution in [0.25, 0.3) is 16.6 Å². The Hall–Kier alpha value is -4.92. The fourth-order valence-corrected chi connectivity index (χ4v) is 5.18. The predicted octanol–water partition coefficient (Wildman–Crippen LogP) is 4.40. The van der Waals surface area contributed by atoms with E-state index in [9.17, 15) is 14.7 Å². The highest BCUT2D eigenvalue weighted by molar-refractivity contribution is 5.94. The Bertz CT molecular complexity index is 1710. The first-order valence-corrected chi connectivity index (χ1v) is 12.7. The number of anilines is 2. The minimum absolute atomic E-state index is 0.0269. The summed E-state index contributed by atoms with van der Waals surface area (Å²) in [5.41, 5.74) is 2.49. The van der Waals surface area contributed by atoms with Gasteiger partial charge in [-0.05, 0) is 42.0 Å². The van der Waals surface area contributed by atoms with Crippen molar-refractivity contribution in [2.75, 3.05) is 36.0 Å². The first-order valence-electron chi connectivity index (χ1n) is 12.7. The zero-order valence-electron chi connectivity index (χ0n) is 21.1. The van der Waals surface area contributed by atoms with E-state index in [1.807, 2.05) is 58.1 Å². The van der Waals surface area contributed by atoms with Gasteiger partial charge in [0, 0.05) is 68.1 Å². The van der Waals surface area contributed by atoms with Crippen LogP contribution in [0.1, 0.15) is 15.9 Å². The predicted molar refractivity (Wildman–Crippen MR) is 149 cm³/mol. The third-order valence-corrected chi connectivity index (χ3v) is 7.16. The summed E-state index contributed by atoms with van der Waals surface area (Å²) in [6.07, 6.45) is 6.61. The molecule has 0 unspecified atom stereocenters. The fourth-order valence-electron chi connectivity index (χ4n) is 5.18. The van der Waals surface area contributed by atoms with E-state index in [0.717, 1.165) is 24.3 Å². The number of carboxylic acids is 1. The fraction of sp³-hybridized carbons (Fsp3) is 0.167. The van der Waals surface area contributed by atoms with Crippen LogP contribution in [0.5, 0.6) is 0 Å². The van der Waals surface area contributed by atoms with Gasteiger partial charge in [-0.25, -0.2) is 14.2 Å². The van der Waals surface area contributed by atoms with Crippen molar-refractivity contribution >= 4 is 28.2 Å². The molecule has 3 heterocycles. The molecule has 8 nitrogen and oxygen atoms in total. The van der Waals surface area contributed by atoms with Gasteiger partial charge < -0.3 is 24.0 Å². The van der Waals surface area contributed by atoms with Gasteiger partial charge in [0.25, 0.3) is 0 Å². The van der Waals surface area contributed by atoms with E-state index in [2.05, 4.69) is 22.0 Å². The molecule has 0 aliphatic carbocycles. The topological polar surface area (TPSA) is 83.6 Å². The molecule has 0 amide bonds. The zero-order chi connectivity index (χ0) is 26.9. The lowest BCUT2D eigenvalue weighted by atomic mass is 10.1. The van der Waals surface area contributed by atoms with E-state index in [0.29, 0.717) is 36.5 Å². The number of fused-ring (bicyclic) bond motifs is 1. The number of carbonyl (C=O) groups is 1. The van der Waals surface area contributed by atoms with Crippen LogP contribution in [0.15, 0.2) is 96.4 Å². The first-order chi connectivity index (χ1) is 19.0. The number of benzene rings is 3. The van der Waals surface area contributed by atoms with Crippen LogP contribution in [0, 0.1) is 5.82 Å². The molecule has 1 aliphatic heterocycles. The van der Waals surface area contributed by atoms with Crippen LogP contribution in [-0.4, -0.2) is 51.4 Å². The van der Waals surface area contributed by atoms with Gasteiger partial charge >= 0.3 is 5.97 Å². The summed E-state index contributed by atoms with van der Waals surface area (Å²) in [6, 6.07) is 20.5. The number of piperazine rings is 1. The minimum atomic E-state index is -1.35. The molecule has 1 N–H and O–H groups in total. The average Bonchev–Trinajstić information content (AvgIpc) is 3.47. The second-order valence-corrected chi connectivity index (χ2v) is 9.58. The highest BCUT2D eigenvalue weighted by Crippen LogP contribution is 2.29. The Kier molecular flexibility index (Phi) is 6.32. The van der Waals surface area contributed by atoms with Crippen molar-refractivity contribution in [1.82, 2.24) is 14.1 Å². The zero-order valence-corrected chi connectivity index (χ0v) is 21.1. The molecule has 1 saturated heterocycles. The standard InChI is InChI=1S/C30H26FN5O3/c31-26-16-24-27(17-28(26)35-13-11-34(12-14-35)22-6-2-1-3-7-22)36(19-25(29(24)37)30(38)39)23-8-4-5-21(15-23)18-33-10-9-32-20-33/h1-10,15-17,19-20H,11-14,18H2,(H,38,39). The van der Waals surface area contributed by atoms with Crippen LogP contribution in [0.2, 0.25) is 0 Å². The van der Waals surface area contributed by atoms with E-state index in [4.69, 9.17) is 0 Å². The second kappa shape index (κ2) is 10.1. The summed E-state index contributed by atoms with van der Waals surface area (Å²) in [5.74, 6) is -1.90. The Balaban J connectivity index is 1.41. The number of hydrogen-bond donors (Lipinski definition) is 1. The lowest BCUT2D eigenvalue weighted by Crippen LogP contribution is -2.46. The molecule has 0 spiro atoms. The highest BCUT2D eigenvalue weighted by Gasteiger charge is 2.23. The second-order valence-electron chi connectivity index (χ2n) is 9.58. The molecular formula is C30H26FN5O3. The van der Waals surface area contributed by atoms with Crippen molar-refractivity contribution in [1.29, 1.82) is 0 Å². The Morgan fingerprint density at radius 2 is 1.67 bits per heavy atom. The normalized spacial score (nSPS) is 13.7. The van der Waals surface area contributed by atoms with Gasteiger partial charge in [0.15, 0.2) is 0 Å². The van der Waals surface area contributed by atoms with E-state index in [-0.39, 0.29) is 5.39 Å². The van der Waals surface area contributed by atoms with Crippen LogP contribution in [0.3, 0.4) is 0 Å². The van der Waals surface area contributed by atoms with Crippen LogP contribution in [0.4, 0.5) is 15.8 Å². The summed E-state index contributed by atoms with van der Waals surface area (Å²) in [5, 5.41) is 9.77. The summed E-state index contributed by atoms with van der Waals surface area (Å²) >= 11 is 0. The van der Waals surface area contributed by atoms with Crippen molar-refractivity contribution in [3.63, 3.8) is 0 Å². The summed E-state index contributed by atoms with van der Waals surface area (Å²) in [7, 11) is 0. The third kappa shape index (κ3) is 4.74. The van der Waals surface area contributed by atoms with Gasteiger partial charge in [-0.15, -0.1) is 0 Å². The van der Waals surface area contributed by atoms with Gasteiger partial charge in [-0.2, -0.15) is 0 Å². The number of rotatable bonds is 6. The van der Waals surface area contributed by atoms with Crippen molar-refractivity contribution < 1.29 is 14.3 Å². The molecule has 0 bridgehead atoms. The third-order valence-electron chi connectivity index (χ3n) is 7.16. The number of halogens is 1. The largest absolute Gasteiger partial charge is 0.477 e. The van der Waals surface area contributed by atoms with Gasteiger partial charge in [-0.3, -0.25) is 4.79 Å². The minimum Gasteiger partial charge on any atom is -0.477 e. The van der Waals surface area contributed by atoms with Gasteiger partial charge in [0.05, 0.1) is 17.5 Å². The number of hydrogen-bond acceptors (Lipinski definition) is 5. The lowest BCUT2D eigenvalue weighted by molar-refractivity contribution is 0.0695. The average molecular weight is 524 g/mol. The Labute approximate surface area is 223 Å². The molecule has 1 fully saturated rings. The lowest BCUT2D eigenvalue weighted by Gasteiger charge is -2.37. The molecule has 6 rings (SSSR count). The van der Waals surface area contributed by atoms with Crippen LogP contribution < -0.4 is 15.2 Å². The van der Waals surface area contributed by atoms with Gasteiger partial charge in [0.1, 0.15) is 11.4 Å². The summed E-state index contributed by atoms with van der Waals surface area (Å²) in [6.45, 7) is 3.23. The molecule has 196 valence electrons. The molecular weight excluding hydrogens is 497 g/mol. The van der Waals surface area contributed by atoms with Crippen molar-refractivity contribution in [3.05, 3.63) is 119 Å². The van der Waals surface area contributed by atoms with Crippen LogP contribution >= 0.6 is 0 Å². The number of pyridine rings is 1. The van der Waals surface area contributed by atoms with E-state index >= 15 is 4.39 Å². The van der Waals surface area contributed by atoms with Crippen molar-refractivity contribution in [3.8, 4) is 5.69 Å². The quantitative estimate of drug-likeness (QED) is 0.355. The number of para-hydroxylation sites is 1. The maximum absolute atomic E-state index is 15.5. The SMILES string of the molecule is O=C(O)c1cn(-c2cccc(Cn3ccnc3)c2)c2cc(N3CCN(c4ccccc4)CC3)c(F)cc2c1=O. The summed E-state index contributed by atoms with van der Waals surface area (Å²) in [4.78, 5) is 33.3. The first kappa shape index (κ1) is 24.4. The number of aromatic carboxylic acids is 1. The van der Waals surface area contributed by atoms with Crippen molar-refractivity contribution in [2.24, 2.45) is 0 Å². The Morgan fingerprint density at radius 3 is 2.38 bits per heavy atom. The van der Waals surface area contributed by atoms with Crippen LogP contribution in [-0.2, 0) is 6.54 Å².